The second-order valence-corrected chi connectivity index (χ2v) is 2.93. The molecule has 0 spiro atoms. The molecule has 1 N–H and O–H groups in total. The summed E-state index contributed by atoms with van der Waals surface area (Å²) in [6.07, 6.45) is 6.02. The van der Waals surface area contributed by atoms with Crippen molar-refractivity contribution >= 4 is 5.91 Å². The molecule has 0 bridgehead atoms. The van der Waals surface area contributed by atoms with Crippen LogP contribution in [0, 0.1) is 6.92 Å². The van der Waals surface area contributed by atoms with E-state index in [-0.39, 0.29) is 11.6 Å². The van der Waals surface area contributed by atoms with Crippen molar-refractivity contribution in [3.8, 4) is 0 Å². The summed E-state index contributed by atoms with van der Waals surface area (Å²) in [4.78, 5) is 20.6. The van der Waals surface area contributed by atoms with Gasteiger partial charge in [-0.25, -0.2) is 10.4 Å². The third-order valence-electron chi connectivity index (χ3n) is 1.73. The highest BCUT2D eigenvalue weighted by Gasteiger charge is 2.06. The van der Waals surface area contributed by atoms with Gasteiger partial charge in [0.1, 0.15) is 5.69 Å². The van der Waals surface area contributed by atoms with E-state index in [2.05, 4.69) is 20.5 Å². The van der Waals surface area contributed by atoms with Gasteiger partial charge in [-0.2, -0.15) is 9.89 Å². The van der Waals surface area contributed by atoms with Gasteiger partial charge in [0.25, 0.3) is 5.91 Å². The number of hydrogen-bond donors (Lipinski definition) is 1. The molecule has 0 aliphatic carbocycles. The van der Waals surface area contributed by atoms with Gasteiger partial charge in [0.15, 0.2) is 0 Å². The lowest BCUT2D eigenvalue weighted by molar-refractivity contribution is 0.1000. The van der Waals surface area contributed by atoms with Gasteiger partial charge in [0, 0.05) is 18.6 Å². The first-order chi connectivity index (χ1) is 7.25. The molecule has 0 saturated heterocycles. The molecule has 6 nitrogen and oxygen atoms in total. The number of aromatic nitrogens is 4. The molecule has 0 radical (unpaired) electrons. The molecule has 0 aliphatic heterocycles. The first-order valence-electron chi connectivity index (χ1n) is 4.35. The Hall–Kier alpha value is -2.24. The average molecular weight is 203 g/mol. The molecule has 1 amide bonds. The van der Waals surface area contributed by atoms with E-state index < -0.39 is 0 Å². The van der Waals surface area contributed by atoms with Gasteiger partial charge in [-0.1, -0.05) is 0 Å². The number of aryl methyl sites for hydroxylation is 1. The van der Waals surface area contributed by atoms with Crippen molar-refractivity contribution in [1.82, 2.24) is 19.9 Å². The Morgan fingerprint density at radius 2 is 2.33 bits per heavy atom. The molecule has 0 saturated carbocycles. The number of carbonyl (C=O) groups is 1. The second kappa shape index (κ2) is 3.87. The van der Waals surface area contributed by atoms with Crippen molar-refractivity contribution in [2.45, 2.75) is 6.92 Å². The first-order valence-corrected chi connectivity index (χ1v) is 4.35. The monoisotopic (exact) mass is 203 g/mol. The molecular formula is C9H9N5O. The molecule has 2 heterocycles. The number of rotatable bonds is 2. The fraction of sp³-hybridized carbons (Fsp3) is 0.111. The fourth-order valence-electron chi connectivity index (χ4n) is 1.06. The van der Waals surface area contributed by atoms with Crippen LogP contribution in [-0.4, -0.2) is 25.8 Å². The molecule has 15 heavy (non-hydrogen) atoms. The van der Waals surface area contributed by atoms with Gasteiger partial charge >= 0.3 is 0 Å². The second-order valence-electron chi connectivity index (χ2n) is 2.93. The third kappa shape index (κ3) is 2.16. The third-order valence-corrected chi connectivity index (χ3v) is 1.73. The van der Waals surface area contributed by atoms with Gasteiger partial charge in [0.2, 0.25) is 0 Å². The minimum Gasteiger partial charge on any atom is -0.265 e. The highest BCUT2D eigenvalue weighted by molar-refractivity contribution is 5.97. The number of amides is 1. The zero-order valence-corrected chi connectivity index (χ0v) is 8.08. The Labute approximate surface area is 85.9 Å². The first kappa shape index (κ1) is 9.32. The van der Waals surface area contributed by atoms with E-state index >= 15 is 0 Å². The number of carbonyl (C=O) groups excluding carboxylic acids is 1. The van der Waals surface area contributed by atoms with Crippen LogP contribution in [0.4, 0.5) is 0 Å². The molecule has 0 unspecified atom stereocenters. The fourth-order valence-corrected chi connectivity index (χ4v) is 1.06. The van der Waals surface area contributed by atoms with Crippen molar-refractivity contribution < 1.29 is 4.79 Å². The maximum Gasteiger partial charge on any atom is 0.291 e. The van der Waals surface area contributed by atoms with Gasteiger partial charge in [0.05, 0.1) is 11.9 Å². The van der Waals surface area contributed by atoms with E-state index in [0.29, 0.717) is 0 Å². The van der Waals surface area contributed by atoms with Crippen LogP contribution in [0.15, 0.2) is 30.9 Å². The van der Waals surface area contributed by atoms with Crippen LogP contribution in [0.2, 0.25) is 0 Å². The standard InChI is InChI=1S/C9H9N5O/c1-7-2-5-14(12-7)13-9(15)8-6-10-3-4-11-8/h2-6H,1H3,(H,13,15). The summed E-state index contributed by atoms with van der Waals surface area (Å²) in [5.74, 6) is -0.341. The lowest BCUT2D eigenvalue weighted by Gasteiger charge is -2.02. The minimum absolute atomic E-state index is 0.255. The predicted octanol–water partition coefficient (Wildman–Crippen LogP) is 0.365. The Kier molecular flexibility index (Phi) is 2.40. The Morgan fingerprint density at radius 1 is 1.47 bits per heavy atom. The van der Waals surface area contributed by atoms with E-state index in [9.17, 15) is 4.79 Å². The lowest BCUT2D eigenvalue weighted by Crippen LogP contribution is -2.24. The van der Waals surface area contributed by atoms with Crippen molar-refractivity contribution in [2.24, 2.45) is 0 Å². The Balaban J connectivity index is 2.11. The summed E-state index contributed by atoms with van der Waals surface area (Å²) in [5.41, 5.74) is 3.63. The Bertz CT molecular complexity index is 464. The molecule has 0 fully saturated rings. The molecule has 2 rings (SSSR count). The molecule has 2 aromatic heterocycles. The van der Waals surface area contributed by atoms with E-state index in [1.54, 1.807) is 12.3 Å². The van der Waals surface area contributed by atoms with Gasteiger partial charge in [-0.05, 0) is 13.0 Å². The number of hydrogen-bond acceptors (Lipinski definition) is 4. The highest BCUT2D eigenvalue weighted by Crippen LogP contribution is 1.93. The van der Waals surface area contributed by atoms with Gasteiger partial charge in [-0.15, -0.1) is 0 Å². The maximum absolute atomic E-state index is 11.5. The summed E-state index contributed by atoms with van der Waals surface area (Å²) in [5, 5.41) is 4.01. The quantitative estimate of drug-likeness (QED) is 0.765. The SMILES string of the molecule is Cc1ccn(NC(=O)c2cnccn2)n1. The molecule has 2 aromatic rings. The van der Waals surface area contributed by atoms with Gasteiger partial charge < -0.3 is 0 Å². The van der Waals surface area contributed by atoms with Gasteiger partial charge in [-0.3, -0.25) is 9.78 Å². The van der Waals surface area contributed by atoms with Crippen LogP contribution in [0.25, 0.3) is 0 Å². The molecular weight excluding hydrogens is 194 g/mol. The summed E-state index contributed by atoms with van der Waals surface area (Å²) < 4.78 is 0. The average Bonchev–Trinajstić information content (AvgIpc) is 2.65. The summed E-state index contributed by atoms with van der Waals surface area (Å²) >= 11 is 0. The lowest BCUT2D eigenvalue weighted by atomic mass is 10.4. The topological polar surface area (TPSA) is 72.7 Å². The smallest absolute Gasteiger partial charge is 0.265 e. The van der Waals surface area contributed by atoms with Crippen LogP contribution in [0.1, 0.15) is 16.2 Å². The van der Waals surface area contributed by atoms with E-state index in [4.69, 9.17) is 0 Å². The maximum atomic E-state index is 11.5. The largest absolute Gasteiger partial charge is 0.291 e. The van der Waals surface area contributed by atoms with Crippen molar-refractivity contribution in [3.63, 3.8) is 0 Å². The summed E-state index contributed by atoms with van der Waals surface area (Å²) in [6.45, 7) is 1.84. The Morgan fingerprint density at radius 3 is 2.93 bits per heavy atom. The summed E-state index contributed by atoms with van der Waals surface area (Å²) in [7, 11) is 0. The summed E-state index contributed by atoms with van der Waals surface area (Å²) in [6, 6.07) is 1.79. The molecule has 0 aromatic carbocycles. The van der Waals surface area contributed by atoms with Crippen molar-refractivity contribution in [2.75, 3.05) is 5.43 Å². The van der Waals surface area contributed by atoms with E-state index in [0.717, 1.165) is 5.69 Å². The van der Waals surface area contributed by atoms with E-state index in [1.165, 1.54) is 23.4 Å². The van der Waals surface area contributed by atoms with E-state index in [1.807, 2.05) is 6.92 Å². The highest BCUT2D eigenvalue weighted by atomic mass is 16.2. The van der Waals surface area contributed by atoms with Crippen LogP contribution in [0.3, 0.4) is 0 Å². The van der Waals surface area contributed by atoms with Crippen molar-refractivity contribution in [3.05, 3.63) is 42.2 Å². The zero-order chi connectivity index (χ0) is 10.7. The van der Waals surface area contributed by atoms with Crippen LogP contribution in [-0.2, 0) is 0 Å². The van der Waals surface area contributed by atoms with Crippen LogP contribution >= 0.6 is 0 Å². The number of nitrogens with one attached hydrogen (secondary N) is 1. The predicted molar refractivity (Wildman–Crippen MR) is 52.7 cm³/mol. The molecule has 0 atom stereocenters. The molecule has 0 aliphatic rings. The van der Waals surface area contributed by atoms with Crippen LogP contribution in [0.5, 0.6) is 0 Å². The zero-order valence-electron chi connectivity index (χ0n) is 8.08. The molecule has 6 heteroatoms. The minimum atomic E-state index is -0.341. The molecule has 76 valence electrons. The van der Waals surface area contributed by atoms with Crippen molar-refractivity contribution in [1.29, 1.82) is 0 Å². The normalized spacial score (nSPS) is 9.93. The van der Waals surface area contributed by atoms with Crippen LogP contribution < -0.4 is 5.43 Å². The number of nitrogens with zero attached hydrogens (tertiary/aromatic N) is 4.